The predicted molar refractivity (Wildman–Crippen MR) is 90.3 cm³/mol. The van der Waals surface area contributed by atoms with Gasteiger partial charge in [-0.3, -0.25) is 4.79 Å². The number of rotatable bonds is 8. The lowest BCUT2D eigenvalue weighted by Gasteiger charge is -2.15. The van der Waals surface area contributed by atoms with Crippen molar-refractivity contribution in [3.05, 3.63) is 23.2 Å². The summed E-state index contributed by atoms with van der Waals surface area (Å²) >= 11 is 5.94. The van der Waals surface area contributed by atoms with Crippen molar-refractivity contribution in [2.75, 3.05) is 13.7 Å². The average molecular weight is 363 g/mol. The number of benzene rings is 1. The van der Waals surface area contributed by atoms with Crippen molar-refractivity contribution >= 4 is 27.5 Å². The van der Waals surface area contributed by atoms with E-state index in [2.05, 4.69) is 10.0 Å². The average Bonchev–Trinajstić information content (AvgIpc) is 2.46. The Kier molecular flexibility index (Phi) is 7.31. The fourth-order valence-corrected chi connectivity index (χ4v) is 3.36. The summed E-state index contributed by atoms with van der Waals surface area (Å²) in [5.41, 5.74) is 0. The highest BCUT2D eigenvalue weighted by Gasteiger charge is 2.22. The Balaban J connectivity index is 2.74. The van der Waals surface area contributed by atoms with Crippen LogP contribution in [0.25, 0.3) is 0 Å². The molecule has 1 rings (SSSR count). The van der Waals surface area contributed by atoms with Crippen molar-refractivity contribution < 1.29 is 17.9 Å². The number of hydrogen-bond acceptors (Lipinski definition) is 4. The molecule has 0 heterocycles. The minimum absolute atomic E-state index is 0.0230. The van der Waals surface area contributed by atoms with Crippen LogP contribution >= 0.6 is 11.6 Å². The van der Waals surface area contributed by atoms with Gasteiger partial charge in [-0.1, -0.05) is 25.4 Å². The van der Waals surface area contributed by atoms with E-state index in [0.29, 0.717) is 18.2 Å². The second-order valence-corrected chi connectivity index (χ2v) is 7.73. The van der Waals surface area contributed by atoms with Crippen molar-refractivity contribution in [3.63, 3.8) is 0 Å². The minimum Gasteiger partial charge on any atom is -0.495 e. The highest BCUT2D eigenvalue weighted by Crippen LogP contribution is 2.26. The molecule has 0 fully saturated rings. The van der Waals surface area contributed by atoms with Gasteiger partial charge < -0.3 is 10.1 Å². The van der Waals surface area contributed by atoms with Gasteiger partial charge in [-0.15, -0.1) is 0 Å². The summed E-state index contributed by atoms with van der Waals surface area (Å²) in [4.78, 5) is 11.9. The standard InChI is InChI=1S/C15H23ClN2O4S/c1-10(2)7-8-17-15(19)11(3)18-23(20,21)12-5-6-14(22-4)13(16)9-12/h5-6,9-11,18H,7-8H2,1-4H3,(H,17,19)/t11-/m0/s1. The van der Waals surface area contributed by atoms with Crippen LogP contribution in [-0.4, -0.2) is 34.0 Å². The van der Waals surface area contributed by atoms with Gasteiger partial charge in [0, 0.05) is 6.54 Å². The summed E-state index contributed by atoms with van der Waals surface area (Å²) in [5.74, 6) is 0.475. The number of nitrogens with one attached hydrogen (secondary N) is 2. The normalized spacial score (nSPS) is 13.0. The van der Waals surface area contributed by atoms with E-state index in [1.165, 1.54) is 32.2 Å². The van der Waals surface area contributed by atoms with Gasteiger partial charge in [0.25, 0.3) is 0 Å². The van der Waals surface area contributed by atoms with Crippen LogP contribution in [0, 0.1) is 5.92 Å². The van der Waals surface area contributed by atoms with Crippen molar-refractivity contribution in [2.24, 2.45) is 5.92 Å². The molecule has 1 aromatic carbocycles. The van der Waals surface area contributed by atoms with E-state index < -0.39 is 16.1 Å². The van der Waals surface area contributed by atoms with Crippen LogP contribution in [0.2, 0.25) is 5.02 Å². The summed E-state index contributed by atoms with van der Waals surface area (Å²) in [6.07, 6.45) is 0.833. The zero-order chi connectivity index (χ0) is 17.6. The van der Waals surface area contributed by atoms with Crippen LogP contribution in [-0.2, 0) is 14.8 Å². The molecule has 130 valence electrons. The van der Waals surface area contributed by atoms with E-state index in [1.807, 2.05) is 13.8 Å². The van der Waals surface area contributed by atoms with E-state index >= 15 is 0 Å². The summed E-state index contributed by atoms with van der Waals surface area (Å²) in [5, 5.41) is 2.89. The molecule has 6 nitrogen and oxygen atoms in total. The van der Waals surface area contributed by atoms with Crippen LogP contribution in [0.5, 0.6) is 5.75 Å². The summed E-state index contributed by atoms with van der Waals surface area (Å²) in [7, 11) is -2.40. The number of methoxy groups -OCH3 is 1. The minimum atomic E-state index is -3.84. The third-order valence-electron chi connectivity index (χ3n) is 3.18. The number of amides is 1. The molecule has 0 saturated carbocycles. The topological polar surface area (TPSA) is 84.5 Å². The maximum atomic E-state index is 12.3. The van der Waals surface area contributed by atoms with Crippen LogP contribution in [0.15, 0.2) is 23.1 Å². The first kappa shape index (κ1) is 19.7. The lowest BCUT2D eigenvalue weighted by atomic mass is 10.1. The number of carbonyl (C=O) groups is 1. The number of sulfonamides is 1. The monoisotopic (exact) mass is 362 g/mol. The summed E-state index contributed by atoms with van der Waals surface area (Å²) in [6, 6.07) is 3.24. The lowest BCUT2D eigenvalue weighted by molar-refractivity contribution is -0.122. The Morgan fingerprint density at radius 1 is 1.30 bits per heavy atom. The lowest BCUT2D eigenvalue weighted by Crippen LogP contribution is -2.45. The van der Waals surface area contributed by atoms with Crippen LogP contribution in [0.3, 0.4) is 0 Å². The number of carbonyl (C=O) groups excluding carboxylic acids is 1. The summed E-state index contributed by atoms with van der Waals surface area (Å²) < 4.78 is 31.9. The van der Waals surface area contributed by atoms with Gasteiger partial charge in [0.15, 0.2) is 0 Å². The Morgan fingerprint density at radius 2 is 1.96 bits per heavy atom. The molecule has 23 heavy (non-hydrogen) atoms. The molecule has 1 atom stereocenters. The molecule has 0 saturated heterocycles. The summed E-state index contributed by atoms with van der Waals surface area (Å²) in [6.45, 7) is 6.10. The van der Waals surface area contributed by atoms with Crippen molar-refractivity contribution in [1.82, 2.24) is 10.0 Å². The van der Waals surface area contributed by atoms with Crippen LogP contribution in [0.4, 0.5) is 0 Å². The van der Waals surface area contributed by atoms with Gasteiger partial charge in [0.1, 0.15) is 5.75 Å². The third kappa shape index (κ3) is 6.01. The number of ether oxygens (including phenoxy) is 1. The second kappa shape index (κ2) is 8.52. The van der Waals surface area contributed by atoms with E-state index in [1.54, 1.807) is 0 Å². The molecule has 2 N–H and O–H groups in total. The molecule has 0 aliphatic rings. The predicted octanol–water partition coefficient (Wildman–Crippen LogP) is 2.18. The van der Waals surface area contributed by atoms with E-state index in [0.717, 1.165) is 6.42 Å². The molecule has 8 heteroatoms. The van der Waals surface area contributed by atoms with Crippen molar-refractivity contribution in [3.8, 4) is 5.75 Å². The molecule has 1 amide bonds. The largest absolute Gasteiger partial charge is 0.495 e. The highest BCUT2D eigenvalue weighted by atomic mass is 35.5. The van der Waals surface area contributed by atoms with Gasteiger partial charge in [-0.25, -0.2) is 8.42 Å². The first-order valence-electron chi connectivity index (χ1n) is 7.31. The molecule has 0 unspecified atom stereocenters. The maximum Gasteiger partial charge on any atom is 0.241 e. The van der Waals surface area contributed by atoms with E-state index in [-0.39, 0.29) is 15.8 Å². The van der Waals surface area contributed by atoms with Crippen LogP contribution < -0.4 is 14.8 Å². The smallest absolute Gasteiger partial charge is 0.241 e. The van der Waals surface area contributed by atoms with Crippen LogP contribution in [0.1, 0.15) is 27.2 Å². The molecule has 0 spiro atoms. The Labute approximate surface area is 142 Å². The molecule has 0 aliphatic heterocycles. The molecule has 0 aliphatic carbocycles. The van der Waals surface area contributed by atoms with E-state index in [9.17, 15) is 13.2 Å². The quantitative estimate of drug-likeness (QED) is 0.742. The molecule has 0 bridgehead atoms. The van der Waals surface area contributed by atoms with Crippen molar-refractivity contribution in [1.29, 1.82) is 0 Å². The molecule has 0 aromatic heterocycles. The first-order chi connectivity index (χ1) is 10.7. The number of halogens is 1. The molecule has 1 aromatic rings. The fraction of sp³-hybridized carbons (Fsp3) is 0.533. The third-order valence-corrected chi connectivity index (χ3v) is 5.01. The maximum absolute atomic E-state index is 12.3. The zero-order valence-electron chi connectivity index (χ0n) is 13.7. The van der Waals surface area contributed by atoms with Gasteiger partial charge >= 0.3 is 0 Å². The molecular weight excluding hydrogens is 340 g/mol. The first-order valence-corrected chi connectivity index (χ1v) is 9.17. The van der Waals surface area contributed by atoms with Crippen molar-refractivity contribution in [2.45, 2.75) is 38.1 Å². The Hall–Kier alpha value is -1.31. The SMILES string of the molecule is COc1ccc(S(=O)(=O)N[C@@H](C)C(=O)NCCC(C)C)cc1Cl. The van der Waals surface area contributed by atoms with Gasteiger partial charge in [-0.05, 0) is 37.5 Å². The molecular formula is C15H23ClN2O4S. The zero-order valence-corrected chi connectivity index (χ0v) is 15.3. The highest BCUT2D eigenvalue weighted by molar-refractivity contribution is 7.89. The van der Waals surface area contributed by atoms with Gasteiger partial charge in [-0.2, -0.15) is 4.72 Å². The molecule has 0 radical (unpaired) electrons. The second-order valence-electron chi connectivity index (χ2n) is 5.61. The van der Waals surface area contributed by atoms with Gasteiger partial charge in [0.05, 0.1) is 23.1 Å². The number of hydrogen-bond donors (Lipinski definition) is 2. The Morgan fingerprint density at radius 3 is 2.48 bits per heavy atom. The Bertz CT molecular complexity index is 647. The van der Waals surface area contributed by atoms with E-state index in [4.69, 9.17) is 16.3 Å². The fourth-order valence-electron chi connectivity index (χ4n) is 1.81. The van der Waals surface area contributed by atoms with Gasteiger partial charge in [0.2, 0.25) is 15.9 Å².